The predicted molar refractivity (Wildman–Crippen MR) is 105 cm³/mol. The molecule has 2 aromatic carbocycles. The highest BCUT2D eigenvalue weighted by molar-refractivity contribution is 5.92. The molecule has 7 heteroatoms. The monoisotopic (exact) mass is 379 g/mol. The zero-order valence-corrected chi connectivity index (χ0v) is 16.0. The predicted octanol–water partition coefficient (Wildman–Crippen LogP) is 3.41. The minimum atomic E-state index is -0.210. The first-order chi connectivity index (χ1) is 13.6. The third-order valence-electron chi connectivity index (χ3n) is 4.66. The summed E-state index contributed by atoms with van der Waals surface area (Å²) in [5.74, 6) is 1.79. The van der Waals surface area contributed by atoms with Crippen LogP contribution in [0.5, 0.6) is 17.2 Å². The van der Waals surface area contributed by atoms with E-state index in [9.17, 15) is 4.79 Å². The number of nitrogens with zero attached hydrogens (tertiary/aromatic N) is 2. The topological polar surface area (TPSA) is 74.6 Å². The van der Waals surface area contributed by atoms with Crippen molar-refractivity contribution in [3.05, 3.63) is 53.7 Å². The standard InChI is InChI=1S/C21H21N3O4/c1-13-4-6-18-16(8-13)21-14(12-28-18)10-22-24(21)11-20(25)23-17-9-15(26-2)5-7-19(17)27-3/h4-10H,11-12H2,1-3H3,(H,23,25). The normalized spacial score (nSPS) is 11.8. The summed E-state index contributed by atoms with van der Waals surface area (Å²) in [6.45, 7) is 2.54. The second-order valence-corrected chi connectivity index (χ2v) is 6.58. The fraction of sp³-hybridized carbons (Fsp3) is 0.238. The first-order valence-corrected chi connectivity index (χ1v) is 8.89. The Labute approximate surface area is 162 Å². The third kappa shape index (κ3) is 3.26. The van der Waals surface area contributed by atoms with E-state index in [0.717, 1.165) is 28.1 Å². The quantitative estimate of drug-likeness (QED) is 0.735. The van der Waals surface area contributed by atoms with E-state index in [1.807, 2.05) is 19.1 Å². The van der Waals surface area contributed by atoms with E-state index in [-0.39, 0.29) is 12.5 Å². The number of hydrogen-bond acceptors (Lipinski definition) is 5. The molecule has 1 N–H and O–H groups in total. The van der Waals surface area contributed by atoms with Crippen molar-refractivity contribution in [1.29, 1.82) is 0 Å². The molecular formula is C21H21N3O4. The Morgan fingerprint density at radius 1 is 1.21 bits per heavy atom. The number of aromatic nitrogens is 2. The minimum Gasteiger partial charge on any atom is -0.497 e. The summed E-state index contributed by atoms with van der Waals surface area (Å²) in [7, 11) is 3.13. The van der Waals surface area contributed by atoms with Gasteiger partial charge in [0, 0.05) is 17.2 Å². The first-order valence-electron chi connectivity index (χ1n) is 8.89. The first kappa shape index (κ1) is 17.9. The van der Waals surface area contributed by atoms with Gasteiger partial charge in [0.15, 0.2) is 0 Å². The fourth-order valence-corrected chi connectivity index (χ4v) is 3.31. The van der Waals surface area contributed by atoms with Gasteiger partial charge in [0.1, 0.15) is 30.4 Å². The number of nitrogens with one attached hydrogen (secondary N) is 1. The zero-order chi connectivity index (χ0) is 19.7. The van der Waals surface area contributed by atoms with E-state index < -0.39 is 0 Å². The molecule has 2 heterocycles. The van der Waals surface area contributed by atoms with E-state index in [1.165, 1.54) is 0 Å². The summed E-state index contributed by atoms with van der Waals surface area (Å²) in [5, 5.41) is 7.28. The highest BCUT2D eigenvalue weighted by Crippen LogP contribution is 2.38. The van der Waals surface area contributed by atoms with Gasteiger partial charge in [0.05, 0.1) is 31.8 Å². The Morgan fingerprint density at radius 3 is 2.86 bits per heavy atom. The molecule has 0 atom stereocenters. The van der Waals surface area contributed by atoms with Crippen molar-refractivity contribution in [3.8, 4) is 28.5 Å². The van der Waals surface area contributed by atoms with Crippen LogP contribution in [0.3, 0.4) is 0 Å². The number of rotatable bonds is 5. The third-order valence-corrected chi connectivity index (χ3v) is 4.66. The average Bonchev–Trinajstić information content (AvgIpc) is 3.11. The van der Waals surface area contributed by atoms with Crippen molar-refractivity contribution in [3.63, 3.8) is 0 Å². The summed E-state index contributed by atoms with van der Waals surface area (Å²) in [4.78, 5) is 12.7. The number of fused-ring (bicyclic) bond motifs is 3. The molecule has 0 unspecified atom stereocenters. The van der Waals surface area contributed by atoms with Gasteiger partial charge in [-0.2, -0.15) is 5.10 Å². The lowest BCUT2D eigenvalue weighted by Gasteiger charge is -2.20. The highest BCUT2D eigenvalue weighted by atomic mass is 16.5. The average molecular weight is 379 g/mol. The number of anilines is 1. The number of carbonyl (C=O) groups is 1. The molecule has 3 aromatic rings. The second kappa shape index (κ2) is 7.26. The Hall–Kier alpha value is -3.48. The minimum absolute atomic E-state index is 0.0725. The van der Waals surface area contributed by atoms with Crippen molar-refractivity contribution in [1.82, 2.24) is 9.78 Å². The largest absolute Gasteiger partial charge is 0.497 e. The van der Waals surface area contributed by atoms with Gasteiger partial charge in [-0.25, -0.2) is 0 Å². The van der Waals surface area contributed by atoms with Crippen molar-refractivity contribution in [2.75, 3.05) is 19.5 Å². The van der Waals surface area contributed by atoms with Gasteiger partial charge < -0.3 is 19.5 Å². The molecule has 1 aromatic heterocycles. The van der Waals surface area contributed by atoms with Crippen molar-refractivity contribution in [2.45, 2.75) is 20.1 Å². The SMILES string of the molecule is COc1ccc(OC)c(NC(=O)Cn2ncc3c2-c2cc(C)ccc2OC3)c1. The van der Waals surface area contributed by atoms with Gasteiger partial charge in [-0.3, -0.25) is 9.48 Å². The van der Waals surface area contributed by atoms with E-state index in [0.29, 0.717) is 23.8 Å². The molecule has 1 amide bonds. The molecule has 144 valence electrons. The number of ether oxygens (including phenoxy) is 3. The number of aryl methyl sites for hydroxylation is 1. The molecular weight excluding hydrogens is 358 g/mol. The maximum absolute atomic E-state index is 12.7. The summed E-state index contributed by atoms with van der Waals surface area (Å²) in [6, 6.07) is 11.3. The lowest BCUT2D eigenvalue weighted by molar-refractivity contribution is -0.116. The van der Waals surface area contributed by atoms with Crippen LogP contribution in [0.2, 0.25) is 0 Å². The van der Waals surface area contributed by atoms with Gasteiger partial charge in [0.25, 0.3) is 0 Å². The van der Waals surface area contributed by atoms with Crippen LogP contribution in [0.15, 0.2) is 42.6 Å². The summed E-state index contributed by atoms with van der Waals surface area (Å²) in [5.41, 5.74) is 4.49. The molecule has 0 radical (unpaired) electrons. The van der Waals surface area contributed by atoms with Crippen LogP contribution < -0.4 is 19.5 Å². The summed E-state index contributed by atoms with van der Waals surface area (Å²) >= 11 is 0. The van der Waals surface area contributed by atoms with Crippen LogP contribution in [0, 0.1) is 6.92 Å². The number of methoxy groups -OCH3 is 2. The maximum atomic E-state index is 12.7. The second-order valence-electron chi connectivity index (χ2n) is 6.58. The smallest absolute Gasteiger partial charge is 0.246 e. The molecule has 1 aliphatic heterocycles. The molecule has 7 nitrogen and oxygen atoms in total. The number of benzene rings is 2. The Bertz CT molecular complexity index is 1040. The molecule has 4 rings (SSSR count). The highest BCUT2D eigenvalue weighted by Gasteiger charge is 2.23. The molecule has 28 heavy (non-hydrogen) atoms. The molecule has 0 fully saturated rings. The fourth-order valence-electron chi connectivity index (χ4n) is 3.31. The Kier molecular flexibility index (Phi) is 4.65. The summed E-state index contributed by atoms with van der Waals surface area (Å²) in [6.07, 6.45) is 1.75. The van der Waals surface area contributed by atoms with Gasteiger partial charge in [0.2, 0.25) is 5.91 Å². The summed E-state index contributed by atoms with van der Waals surface area (Å²) < 4.78 is 18.0. The van der Waals surface area contributed by atoms with Gasteiger partial charge in [-0.1, -0.05) is 11.6 Å². The lowest BCUT2D eigenvalue weighted by Crippen LogP contribution is -2.21. The molecule has 0 saturated carbocycles. The molecule has 0 bridgehead atoms. The zero-order valence-electron chi connectivity index (χ0n) is 16.0. The van der Waals surface area contributed by atoms with Crippen LogP contribution in [0.4, 0.5) is 5.69 Å². The molecule has 0 spiro atoms. The number of carbonyl (C=O) groups excluding carboxylic acids is 1. The van der Waals surface area contributed by atoms with E-state index in [4.69, 9.17) is 14.2 Å². The Morgan fingerprint density at radius 2 is 2.07 bits per heavy atom. The Balaban J connectivity index is 1.60. The lowest BCUT2D eigenvalue weighted by atomic mass is 10.0. The molecule has 0 saturated heterocycles. The van der Waals surface area contributed by atoms with Crippen molar-refractivity contribution >= 4 is 11.6 Å². The van der Waals surface area contributed by atoms with Crippen molar-refractivity contribution in [2.24, 2.45) is 0 Å². The number of amides is 1. The van der Waals surface area contributed by atoms with Crippen LogP contribution >= 0.6 is 0 Å². The van der Waals surface area contributed by atoms with E-state index >= 15 is 0 Å². The maximum Gasteiger partial charge on any atom is 0.246 e. The van der Waals surface area contributed by atoms with Crippen molar-refractivity contribution < 1.29 is 19.0 Å². The van der Waals surface area contributed by atoms with Gasteiger partial charge >= 0.3 is 0 Å². The molecule has 0 aliphatic carbocycles. The van der Waals surface area contributed by atoms with Crippen LogP contribution in [0.25, 0.3) is 11.3 Å². The van der Waals surface area contributed by atoms with Crippen LogP contribution in [-0.4, -0.2) is 29.9 Å². The van der Waals surface area contributed by atoms with Crippen LogP contribution in [0.1, 0.15) is 11.1 Å². The number of hydrogen-bond donors (Lipinski definition) is 1. The molecule has 1 aliphatic rings. The van der Waals surface area contributed by atoms with Gasteiger partial charge in [-0.05, 0) is 31.2 Å². The van der Waals surface area contributed by atoms with E-state index in [2.05, 4.69) is 16.5 Å². The van der Waals surface area contributed by atoms with E-state index in [1.54, 1.807) is 43.3 Å². The van der Waals surface area contributed by atoms with Crippen LogP contribution in [-0.2, 0) is 17.9 Å². The van der Waals surface area contributed by atoms with Gasteiger partial charge in [-0.15, -0.1) is 0 Å².